The minimum Gasteiger partial charge on any atom is -0.396 e. The number of aromatic nitrogens is 3. The Labute approximate surface area is 136 Å². The largest absolute Gasteiger partial charge is 0.396 e. The Morgan fingerprint density at radius 1 is 1.09 bits per heavy atom. The Morgan fingerprint density at radius 2 is 1.96 bits per heavy atom. The molecule has 23 heavy (non-hydrogen) atoms. The number of pyridine rings is 1. The van der Waals surface area contributed by atoms with Crippen molar-refractivity contribution in [3.8, 4) is 11.4 Å². The first-order valence-corrected chi connectivity index (χ1v) is 8.52. The van der Waals surface area contributed by atoms with E-state index in [4.69, 9.17) is 9.97 Å². The zero-order valence-corrected chi connectivity index (χ0v) is 13.2. The fourth-order valence-corrected chi connectivity index (χ4v) is 3.80. The number of nitrogens with zero attached hydrogens (tertiary/aromatic N) is 3. The highest BCUT2D eigenvalue weighted by Gasteiger charge is 2.29. The van der Waals surface area contributed by atoms with Gasteiger partial charge in [0.1, 0.15) is 5.82 Å². The van der Waals surface area contributed by atoms with E-state index in [1.165, 1.54) is 17.7 Å². The highest BCUT2D eigenvalue weighted by molar-refractivity contribution is 5.60. The number of aryl methyl sites for hydroxylation is 1. The first-order chi connectivity index (χ1) is 11.3. The maximum Gasteiger partial charge on any atom is 0.161 e. The Morgan fingerprint density at radius 3 is 2.78 bits per heavy atom. The number of fused-ring (bicyclic) bond motifs is 1. The van der Waals surface area contributed by atoms with Crippen LogP contribution in [0.15, 0.2) is 24.5 Å². The van der Waals surface area contributed by atoms with Crippen LogP contribution in [-0.4, -0.2) is 32.7 Å². The average molecular weight is 310 g/mol. The predicted molar refractivity (Wildman–Crippen MR) is 89.1 cm³/mol. The molecule has 0 aliphatic heterocycles. The molecule has 2 atom stereocenters. The van der Waals surface area contributed by atoms with Crippen LogP contribution in [0.3, 0.4) is 0 Å². The molecule has 1 fully saturated rings. The van der Waals surface area contributed by atoms with E-state index < -0.39 is 0 Å². The monoisotopic (exact) mass is 310 g/mol. The Kier molecular flexibility index (Phi) is 3.95. The van der Waals surface area contributed by atoms with Crippen LogP contribution in [0.1, 0.15) is 36.9 Å². The average Bonchev–Trinajstić information content (AvgIpc) is 3.24. The van der Waals surface area contributed by atoms with E-state index in [2.05, 4.69) is 10.3 Å². The van der Waals surface area contributed by atoms with Crippen molar-refractivity contribution in [1.29, 1.82) is 0 Å². The summed E-state index contributed by atoms with van der Waals surface area (Å²) in [5, 5.41) is 13.2. The molecule has 0 bridgehead atoms. The Balaban J connectivity index is 1.69. The summed E-state index contributed by atoms with van der Waals surface area (Å²) < 4.78 is 0. The summed E-state index contributed by atoms with van der Waals surface area (Å²) in [4.78, 5) is 13.7. The van der Waals surface area contributed by atoms with Crippen LogP contribution in [0.2, 0.25) is 0 Å². The molecule has 1 saturated carbocycles. The molecule has 2 aliphatic rings. The van der Waals surface area contributed by atoms with Crippen LogP contribution in [0, 0.1) is 5.92 Å². The fraction of sp³-hybridized carbons (Fsp3) is 0.500. The molecule has 5 heteroatoms. The number of aliphatic hydroxyl groups is 1. The third-order valence-corrected chi connectivity index (χ3v) is 5.09. The molecular formula is C18H22N4O. The van der Waals surface area contributed by atoms with Crippen LogP contribution in [0.5, 0.6) is 0 Å². The highest BCUT2D eigenvalue weighted by Crippen LogP contribution is 2.33. The van der Waals surface area contributed by atoms with Gasteiger partial charge in [-0.05, 0) is 44.2 Å². The summed E-state index contributed by atoms with van der Waals surface area (Å²) >= 11 is 0. The van der Waals surface area contributed by atoms with Crippen molar-refractivity contribution >= 4 is 5.82 Å². The summed E-state index contributed by atoms with van der Waals surface area (Å²) in [6, 6.07) is 4.23. The number of anilines is 1. The van der Waals surface area contributed by atoms with E-state index >= 15 is 0 Å². The number of aliphatic hydroxyl groups excluding tert-OH is 1. The number of nitrogens with one attached hydrogen (secondary N) is 1. The second kappa shape index (κ2) is 6.24. The lowest BCUT2D eigenvalue weighted by Gasteiger charge is -2.21. The van der Waals surface area contributed by atoms with Gasteiger partial charge in [0, 0.05) is 47.8 Å². The van der Waals surface area contributed by atoms with Gasteiger partial charge in [-0.1, -0.05) is 6.42 Å². The van der Waals surface area contributed by atoms with Crippen molar-refractivity contribution in [2.75, 3.05) is 11.9 Å². The second-order valence-electron chi connectivity index (χ2n) is 6.53. The zero-order chi connectivity index (χ0) is 15.6. The SMILES string of the molecule is OC[C@H]1CCC[C@H]1Nc1nc(-c2ccncc2)nc2c1CCC2. The topological polar surface area (TPSA) is 70.9 Å². The molecule has 2 N–H and O–H groups in total. The summed E-state index contributed by atoms with van der Waals surface area (Å²) in [7, 11) is 0. The zero-order valence-electron chi connectivity index (χ0n) is 13.2. The van der Waals surface area contributed by atoms with E-state index in [9.17, 15) is 5.11 Å². The molecule has 0 unspecified atom stereocenters. The molecule has 2 aromatic rings. The van der Waals surface area contributed by atoms with Crippen molar-refractivity contribution in [1.82, 2.24) is 15.0 Å². The lowest BCUT2D eigenvalue weighted by Crippen LogP contribution is -2.27. The van der Waals surface area contributed by atoms with Gasteiger partial charge in [0.25, 0.3) is 0 Å². The molecule has 2 aromatic heterocycles. The Bertz CT molecular complexity index is 689. The van der Waals surface area contributed by atoms with Crippen molar-refractivity contribution < 1.29 is 5.11 Å². The summed E-state index contributed by atoms with van der Waals surface area (Å²) in [6.45, 7) is 0.252. The first kappa shape index (κ1) is 14.6. The van der Waals surface area contributed by atoms with Crippen LogP contribution in [0.4, 0.5) is 5.82 Å². The van der Waals surface area contributed by atoms with Crippen molar-refractivity contribution in [3.63, 3.8) is 0 Å². The normalized spacial score (nSPS) is 23.0. The summed E-state index contributed by atoms with van der Waals surface area (Å²) in [5.74, 6) is 2.09. The predicted octanol–water partition coefficient (Wildman–Crippen LogP) is 2.60. The third-order valence-electron chi connectivity index (χ3n) is 5.09. The van der Waals surface area contributed by atoms with E-state index in [1.54, 1.807) is 12.4 Å². The number of rotatable bonds is 4. The molecule has 0 amide bonds. The molecule has 4 rings (SSSR count). The minimum absolute atomic E-state index is 0.252. The molecule has 2 heterocycles. The third kappa shape index (κ3) is 2.81. The van der Waals surface area contributed by atoms with Crippen molar-refractivity contribution in [2.24, 2.45) is 5.92 Å². The fourth-order valence-electron chi connectivity index (χ4n) is 3.80. The molecule has 0 aromatic carbocycles. The molecule has 0 radical (unpaired) electrons. The molecule has 5 nitrogen and oxygen atoms in total. The van der Waals surface area contributed by atoms with Crippen LogP contribution < -0.4 is 5.32 Å². The maximum absolute atomic E-state index is 9.56. The highest BCUT2D eigenvalue weighted by atomic mass is 16.3. The van der Waals surface area contributed by atoms with Crippen molar-refractivity contribution in [3.05, 3.63) is 35.8 Å². The molecule has 0 saturated heterocycles. The quantitative estimate of drug-likeness (QED) is 0.908. The van der Waals surface area contributed by atoms with Gasteiger partial charge >= 0.3 is 0 Å². The number of hydrogen-bond donors (Lipinski definition) is 2. The summed E-state index contributed by atoms with van der Waals surface area (Å²) in [5.41, 5.74) is 3.45. The molecule has 0 spiro atoms. The van der Waals surface area contributed by atoms with Crippen LogP contribution in [0.25, 0.3) is 11.4 Å². The number of hydrogen-bond acceptors (Lipinski definition) is 5. The van der Waals surface area contributed by atoms with Gasteiger partial charge in [0.15, 0.2) is 5.82 Å². The van der Waals surface area contributed by atoms with E-state index in [0.29, 0.717) is 12.0 Å². The molecule has 2 aliphatic carbocycles. The smallest absolute Gasteiger partial charge is 0.161 e. The lowest BCUT2D eigenvalue weighted by atomic mass is 10.0. The summed E-state index contributed by atoms with van der Waals surface area (Å²) in [6.07, 6.45) is 10.1. The standard InChI is InChI=1S/C18H22N4O/c23-11-13-3-1-5-15(13)20-18-14-4-2-6-16(14)21-17(22-18)12-7-9-19-10-8-12/h7-10,13,15,23H,1-6,11H2,(H,20,21,22)/t13-,15-/m1/s1. The first-order valence-electron chi connectivity index (χ1n) is 8.52. The van der Waals surface area contributed by atoms with Gasteiger partial charge in [-0.2, -0.15) is 0 Å². The van der Waals surface area contributed by atoms with Gasteiger partial charge in [0.05, 0.1) is 0 Å². The van der Waals surface area contributed by atoms with Gasteiger partial charge in [-0.15, -0.1) is 0 Å². The van der Waals surface area contributed by atoms with Gasteiger partial charge in [-0.3, -0.25) is 4.98 Å². The van der Waals surface area contributed by atoms with E-state index in [1.807, 2.05) is 12.1 Å². The van der Waals surface area contributed by atoms with Crippen molar-refractivity contribution in [2.45, 2.75) is 44.6 Å². The minimum atomic E-state index is 0.252. The van der Waals surface area contributed by atoms with Gasteiger partial charge in [-0.25, -0.2) is 9.97 Å². The van der Waals surface area contributed by atoms with Gasteiger partial charge in [0.2, 0.25) is 0 Å². The lowest BCUT2D eigenvalue weighted by molar-refractivity contribution is 0.222. The molecular weight excluding hydrogens is 288 g/mol. The van der Waals surface area contributed by atoms with Crippen LogP contribution in [-0.2, 0) is 12.8 Å². The van der Waals surface area contributed by atoms with Gasteiger partial charge < -0.3 is 10.4 Å². The van der Waals surface area contributed by atoms with E-state index in [0.717, 1.165) is 49.3 Å². The van der Waals surface area contributed by atoms with E-state index in [-0.39, 0.29) is 6.61 Å². The Hall–Kier alpha value is -2.01. The molecule has 120 valence electrons. The second-order valence-corrected chi connectivity index (χ2v) is 6.53. The van der Waals surface area contributed by atoms with Crippen LogP contribution >= 0.6 is 0 Å². The maximum atomic E-state index is 9.56.